The molecule has 114 valence electrons. The van der Waals surface area contributed by atoms with Crippen molar-refractivity contribution in [3.63, 3.8) is 0 Å². The van der Waals surface area contributed by atoms with Crippen LogP contribution in [-0.4, -0.2) is 45.0 Å². The Balaban J connectivity index is 2.22. The van der Waals surface area contributed by atoms with E-state index in [-0.39, 0.29) is 24.9 Å². The molecule has 2 rings (SSSR count). The third kappa shape index (κ3) is 3.52. The zero-order chi connectivity index (χ0) is 15.4. The topological polar surface area (TPSA) is 78.7 Å². The second-order valence-electron chi connectivity index (χ2n) is 5.46. The van der Waals surface area contributed by atoms with E-state index >= 15 is 0 Å². The Labute approximate surface area is 124 Å². The summed E-state index contributed by atoms with van der Waals surface area (Å²) in [6, 6.07) is 7.82. The van der Waals surface area contributed by atoms with Gasteiger partial charge in [-0.2, -0.15) is 0 Å². The summed E-state index contributed by atoms with van der Waals surface area (Å²) in [5.74, 6) is -0.0976. The highest BCUT2D eigenvalue weighted by molar-refractivity contribution is 5.99. The number of anilines is 2. The first-order valence-electron chi connectivity index (χ1n) is 7.10. The third-order valence-electron chi connectivity index (χ3n) is 3.59. The Kier molecular flexibility index (Phi) is 4.80. The summed E-state index contributed by atoms with van der Waals surface area (Å²) in [5.41, 5.74) is 7.15. The van der Waals surface area contributed by atoms with E-state index in [1.807, 2.05) is 31.3 Å². The number of carbonyl (C=O) groups is 2. The van der Waals surface area contributed by atoms with Crippen LogP contribution in [0.5, 0.6) is 0 Å². The standard InChI is InChI=1S/C15H22N4O2/c1-11-9-18(2)12-5-3-4-6-13(12)19(10-11)15(21)8-17-14(20)7-16/h3-6,11H,7-10,16H2,1-2H3,(H,17,20). The van der Waals surface area contributed by atoms with Crippen molar-refractivity contribution in [1.82, 2.24) is 5.32 Å². The van der Waals surface area contributed by atoms with Crippen LogP contribution in [0.1, 0.15) is 6.92 Å². The number of carbonyl (C=O) groups excluding carboxylic acids is 2. The van der Waals surface area contributed by atoms with Gasteiger partial charge in [-0.25, -0.2) is 0 Å². The number of rotatable bonds is 3. The fourth-order valence-corrected chi connectivity index (χ4v) is 2.63. The van der Waals surface area contributed by atoms with Crippen molar-refractivity contribution in [3.05, 3.63) is 24.3 Å². The number of amides is 2. The minimum Gasteiger partial charge on any atom is -0.373 e. The van der Waals surface area contributed by atoms with Gasteiger partial charge in [-0.1, -0.05) is 19.1 Å². The molecule has 0 fully saturated rings. The number of nitrogens with zero attached hydrogens (tertiary/aromatic N) is 2. The van der Waals surface area contributed by atoms with Gasteiger partial charge in [0.05, 0.1) is 24.5 Å². The lowest BCUT2D eigenvalue weighted by molar-refractivity contribution is -0.124. The first-order valence-corrected chi connectivity index (χ1v) is 7.10. The van der Waals surface area contributed by atoms with Crippen molar-refractivity contribution < 1.29 is 9.59 Å². The van der Waals surface area contributed by atoms with Crippen molar-refractivity contribution >= 4 is 23.2 Å². The number of nitrogens with one attached hydrogen (secondary N) is 1. The molecule has 1 heterocycles. The van der Waals surface area contributed by atoms with Gasteiger partial charge in [-0.3, -0.25) is 9.59 Å². The van der Waals surface area contributed by atoms with Gasteiger partial charge in [0.2, 0.25) is 11.8 Å². The molecule has 0 saturated heterocycles. The quantitative estimate of drug-likeness (QED) is 0.832. The lowest BCUT2D eigenvalue weighted by Gasteiger charge is -2.24. The molecule has 1 unspecified atom stereocenters. The molecule has 1 aliphatic rings. The summed E-state index contributed by atoms with van der Waals surface area (Å²) in [4.78, 5) is 27.6. The van der Waals surface area contributed by atoms with Gasteiger partial charge >= 0.3 is 0 Å². The molecule has 6 heteroatoms. The molecule has 0 saturated carbocycles. The van der Waals surface area contributed by atoms with Gasteiger partial charge in [0.15, 0.2) is 0 Å². The van der Waals surface area contributed by atoms with Crippen LogP contribution in [0.3, 0.4) is 0 Å². The van der Waals surface area contributed by atoms with Gasteiger partial charge in [0, 0.05) is 20.1 Å². The van der Waals surface area contributed by atoms with Gasteiger partial charge in [-0.05, 0) is 18.1 Å². The molecule has 0 spiro atoms. The predicted octanol–water partition coefficient (Wildman–Crippen LogP) is 0.180. The molecule has 3 N–H and O–H groups in total. The van der Waals surface area contributed by atoms with Crippen LogP contribution in [0.2, 0.25) is 0 Å². The maximum Gasteiger partial charge on any atom is 0.246 e. The van der Waals surface area contributed by atoms with Crippen LogP contribution in [0.15, 0.2) is 24.3 Å². The molecule has 2 amide bonds. The number of fused-ring (bicyclic) bond motifs is 1. The van der Waals surface area contributed by atoms with Crippen LogP contribution in [0, 0.1) is 5.92 Å². The van der Waals surface area contributed by atoms with Crippen molar-refractivity contribution in [2.24, 2.45) is 11.7 Å². The van der Waals surface area contributed by atoms with Crippen molar-refractivity contribution in [1.29, 1.82) is 0 Å². The second kappa shape index (κ2) is 6.58. The fourth-order valence-electron chi connectivity index (χ4n) is 2.63. The average Bonchev–Trinajstić information content (AvgIpc) is 2.61. The smallest absolute Gasteiger partial charge is 0.246 e. The number of para-hydroxylation sites is 2. The molecule has 0 bridgehead atoms. The third-order valence-corrected chi connectivity index (χ3v) is 3.59. The lowest BCUT2D eigenvalue weighted by atomic mass is 10.1. The average molecular weight is 290 g/mol. The maximum atomic E-state index is 12.4. The van der Waals surface area contributed by atoms with Crippen LogP contribution < -0.4 is 20.9 Å². The van der Waals surface area contributed by atoms with E-state index < -0.39 is 0 Å². The lowest BCUT2D eigenvalue weighted by Crippen LogP contribution is -2.43. The Morgan fingerprint density at radius 1 is 1.29 bits per heavy atom. The predicted molar refractivity (Wildman–Crippen MR) is 83.3 cm³/mol. The van der Waals surface area contributed by atoms with E-state index in [1.165, 1.54) is 0 Å². The first kappa shape index (κ1) is 15.3. The largest absolute Gasteiger partial charge is 0.373 e. The van der Waals surface area contributed by atoms with E-state index in [0.717, 1.165) is 17.9 Å². The van der Waals surface area contributed by atoms with E-state index in [0.29, 0.717) is 12.5 Å². The monoisotopic (exact) mass is 290 g/mol. The Hall–Kier alpha value is -2.08. The molecule has 0 radical (unpaired) electrons. The van der Waals surface area contributed by atoms with Crippen molar-refractivity contribution in [3.8, 4) is 0 Å². The van der Waals surface area contributed by atoms with Gasteiger partial charge < -0.3 is 20.9 Å². The van der Waals surface area contributed by atoms with E-state index in [9.17, 15) is 9.59 Å². The normalized spacial score (nSPS) is 18.0. The van der Waals surface area contributed by atoms with Crippen LogP contribution >= 0.6 is 0 Å². The molecule has 1 aromatic rings. The van der Waals surface area contributed by atoms with Gasteiger partial charge in [0.25, 0.3) is 0 Å². The van der Waals surface area contributed by atoms with Crippen LogP contribution in [0.25, 0.3) is 0 Å². The zero-order valence-electron chi connectivity index (χ0n) is 12.5. The summed E-state index contributed by atoms with van der Waals surface area (Å²) in [6.07, 6.45) is 0. The van der Waals surface area contributed by atoms with Crippen LogP contribution in [0.4, 0.5) is 11.4 Å². The summed E-state index contributed by atoms with van der Waals surface area (Å²) in [5, 5.41) is 2.54. The highest BCUT2D eigenvalue weighted by Gasteiger charge is 2.26. The molecular formula is C15H22N4O2. The molecule has 1 aromatic carbocycles. The van der Waals surface area contributed by atoms with E-state index in [4.69, 9.17) is 5.73 Å². The molecule has 1 atom stereocenters. The summed E-state index contributed by atoms with van der Waals surface area (Å²) in [6.45, 7) is 3.50. The highest BCUT2D eigenvalue weighted by Crippen LogP contribution is 2.32. The van der Waals surface area contributed by atoms with Gasteiger partial charge in [-0.15, -0.1) is 0 Å². The summed E-state index contributed by atoms with van der Waals surface area (Å²) < 4.78 is 0. The number of nitrogens with two attached hydrogens (primary N) is 1. The molecule has 0 aromatic heterocycles. The Morgan fingerprint density at radius 3 is 2.62 bits per heavy atom. The van der Waals surface area contributed by atoms with E-state index in [1.54, 1.807) is 4.90 Å². The second-order valence-corrected chi connectivity index (χ2v) is 5.46. The van der Waals surface area contributed by atoms with Crippen LogP contribution in [-0.2, 0) is 9.59 Å². The molecule has 1 aliphatic heterocycles. The molecule has 6 nitrogen and oxygen atoms in total. The van der Waals surface area contributed by atoms with Gasteiger partial charge in [0.1, 0.15) is 0 Å². The number of hydrogen-bond donors (Lipinski definition) is 2. The maximum absolute atomic E-state index is 12.4. The Morgan fingerprint density at radius 2 is 1.95 bits per heavy atom. The minimum atomic E-state index is -0.323. The molecule has 0 aliphatic carbocycles. The SMILES string of the molecule is CC1CN(C)c2ccccc2N(C(=O)CNC(=O)CN)C1. The molecular weight excluding hydrogens is 268 g/mol. The minimum absolute atomic E-state index is 0.0270. The number of benzene rings is 1. The summed E-state index contributed by atoms with van der Waals surface area (Å²) in [7, 11) is 2.03. The Bertz CT molecular complexity index is 532. The van der Waals surface area contributed by atoms with E-state index in [2.05, 4.69) is 17.1 Å². The van der Waals surface area contributed by atoms with Crippen molar-refractivity contribution in [2.45, 2.75) is 6.92 Å². The first-order chi connectivity index (χ1) is 10.0. The molecule has 21 heavy (non-hydrogen) atoms. The zero-order valence-corrected chi connectivity index (χ0v) is 12.5. The van der Waals surface area contributed by atoms with Crippen molar-refractivity contribution in [2.75, 3.05) is 43.0 Å². The number of hydrogen-bond acceptors (Lipinski definition) is 4. The highest BCUT2D eigenvalue weighted by atomic mass is 16.2. The fraction of sp³-hybridized carbons (Fsp3) is 0.467. The summed E-state index contributed by atoms with van der Waals surface area (Å²) >= 11 is 0.